The number of rotatable bonds is 6. The summed E-state index contributed by atoms with van der Waals surface area (Å²) in [6, 6.07) is 14.0. The van der Waals surface area contributed by atoms with Gasteiger partial charge in [-0.3, -0.25) is 14.2 Å². The molecule has 1 unspecified atom stereocenters. The molecule has 2 aromatic carbocycles. The van der Waals surface area contributed by atoms with Crippen LogP contribution in [0.5, 0.6) is 0 Å². The Morgan fingerprint density at radius 2 is 1.69 bits per heavy atom. The second-order valence-electron chi connectivity index (χ2n) is 9.71. The summed E-state index contributed by atoms with van der Waals surface area (Å²) in [6.45, 7) is 12.6. The third-order valence-electron chi connectivity index (χ3n) is 5.58. The van der Waals surface area contributed by atoms with Crippen LogP contribution in [-0.4, -0.2) is 26.9 Å². The minimum atomic E-state index is -0.548. The number of nitrogens with zero attached hydrogens (tertiary/aromatic N) is 3. The van der Waals surface area contributed by atoms with Crippen molar-refractivity contribution in [1.29, 1.82) is 0 Å². The van der Waals surface area contributed by atoms with Gasteiger partial charge < -0.3 is 4.90 Å². The molecule has 0 aliphatic carbocycles. The van der Waals surface area contributed by atoms with Gasteiger partial charge in [0, 0.05) is 17.0 Å². The average Bonchev–Trinajstić information content (AvgIpc) is 2.73. The first kappa shape index (κ1) is 24.0. The molecule has 1 amide bonds. The highest BCUT2D eigenvalue weighted by Crippen LogP contribution is 2.28. The lowest BCUT2D eigenvalue weighted by Crippen LogP contribution is -2.43. The third-order valence-corrected chi connectivity index (χ3v) is 5.83. The zero-order chi connectivity index (χ0) is 23.6. The van der Waals surface area contributed by atoms with Crippen LogP contribution >= 0.6 is 11.6 Å². The van der Waals surface area contributed by atoms with Crippen LogP contribution < -0.4 is 5.56 Å². The molecule has 32 heavy (non-hydrogen) atoms. The van der Waals surface area contributed by atoms with Crippen LogP contribution in [-0.2, 0) is 4.79 Å². The Bertz CT molecular complexity index is 1160. The van der Waals surface area contributed by atoms with Gasteiger partial charge in [0.2, 0.25) is 5.91 Å². The van der Waals surface area contributed by atoms with Crippen molar-refractivity contribution in [3.63, 3.8) is 0 Å². The predicted molar refractivity (Wildman–Crippen MR) is 131 cm³/mol. The zero-order valence-electron chi connectivity index (χ0n) is 19.7. The van der Waals surface area contributed by atoms with Gasteiger partial charge in [0.1, 0.15) is 5.82 Å². The fourth-order valence-electron chi connectivity index (χ4n) is 3.71. The molecule has 170 valence electrons. The van der Waals surface area contributed by atoms with Crippen molar-refractivity contribution in [2.75, 3.05) is 6.54 Å². The number of carbonyl (C=O) groups excluding carboxylic acids is 1. The molecular weight excluding hydrogens is 422 g/mol. The Kier molecular flexibility index (Phi) is 7.09. The van der Waals surface area contributed by atoms with Crippen LogP contribution in [0.3, 0.4) is 0 Å². The van der Waals surface area contributed by atoms with Crippen molar-refractivity contribution >= 4 is 28.4 Å². The molecule has 0 saturated heterocycles. The van der Waals surface area contributed by atoms with E-state index in [0.29, 0.717) is 39.9 Å². The standard InChI is InChI=1S/C26H32ClN3O2/c1-17(2)15-16-29(25(32)26(4,5)6)18(3)23-28-22-10-8-7-9-21(22)24(31)30(23)20-13-11-19(27)12-14-20/h7-14,17-18H,15-16H2,1-6H3. The number of hydrogen-bond donors (Lipinski definition) is 0. The summed E-state index contributed by atoms with van der Waals surface area (Å²) in [4.78, 5) is 33.8. The molecular formula is C26H32ClN3O2. The Labute approximate surface area is 195 Å². The monoisotopic (exact) mass is 453 g/mol. The maximum Gasteiger partial charge on any atom is 0.266 e. The molecule has 0 radical (unpaired) electrons. The lowest BCUT2D eigenvalue weighted by atomic mass is 9.93. The van der Waals surface area contributed by atoms with Crippen LogP contribution in [0, 0.1) is 11.3 Å². The fraction of sp³-hybridized carbons (Fsp3) is 0.423. The largest absolute Gasteiger partial charge is 0.332 e. The first-order valence-corrected chi connectivity index (χ1v) is 11.5. The molecule has 0 N–H and O–H groups in total. The van der Waals surface area contributed by atoms with E-state index < -0.39 is 11.5 Å². The predicted octanol–water partition coefficient (Wildman–Crippen LogP) is 6.02. The van der Waals surface area contributed by atoms with Crippen molar-refractivity contribution in [2.24, 2.45) is 11.3 Å². The van der Waals surface area contributed by atoms with E-state index in [9.17, 15) is 9.59 Å². The number of benzene rings is 2. The van der Waals surface area contributed by atoms with Gasteiger partial charge in [0.25, 0.3) is 5.56 Å². The van der Waals surface area contributed by atoms with Crippen molar-refractivity contribution in [1.82, 2.24) is 14.5 Å². The molecule has 1 aromatic heterocycles. The minimum Gasteiger partial charge on any atom is -0.332 e. The highest BCUT2D eigenvalue weighted by atomic mass is 35.5. The molecule has 1 atom stereocenters. The van der Waals surface area contributed by atoms with Crippen LogP contribution in [0.2, 0.25) is 5.02 Å². The first-order valence-electron chi connectivity index (χ1n) is 11.1. The highest BCUT2D eigenvalue weighted by Gasteiger charge is 2.33. The fourth-order valence-corrected chi connectivity index (χ4v) is 3.83. The van der Waals surface area contributed by atoms with Crippen LogP contribution in [0.4, 0.5) is 0 Å². The topological polar surface area (TPSA) is 55.2 Å². The van der Waals surface area contributed by atoms with E-state index in [1.807, 2.05) is 50.8 Å². The quantitative estimate of drug-likeness (QED) is 0.458. The molecule has 3 rings (SSSR count). The van der Waals surface area contributed by atoms with Gasteiger partial charge in [-0.15, -0.1) is 0 Å². The molecule has 5 nitrogen and oxygen atoms in total. The molecule has 0 saturated carbocycles. The van der Waals surface area contributed by atoms with Crippen molar-refractivity contribution in [2.45, 2.75) is 54.0 Å². The lowest BCUT2D eigenvalue weighted by Gasteiger charge is -2.35. The number of halogens is 1. The van der Waals surface area contributed by atoms with Crippen molar-refractivity contribution < 1.29 is 4.79 Å². The van der Waals surface area contributed by atoms with Gasteiger partial charge in [0.15, 0.2) is 0 Å². The highest BCUT2D eigenvalue weighted by molar-refractivity contribution is 6.30. The number of aromatic nitrogens is 2. The van der Waals surface area contributed by atoms with E-state index in [2.05, 4.69) is 13.8 Å². The molecule has 0 aliphatic heterocycles. The number of hydrogen-bond acceptors (Lipinski definition) is 3. The lowest BCUT2D eigenvalue weighted by molar-refractivity contribution is -0.142. The van der Waals surface area contributed by atoms with E-state index in [4.69, 9.17) is 16.6 Å². The molecule has 0 aliphatic rings. The number of carbonyl (C=O) groups is 1. The van der Waals surface area contributed by atoms with Gasteiger partial charge in [-0.1, -0.05) is 58.4 Å². The van der Waals surface area contributed by atoms with E-state index in [1.165, 1.54) is 0 Å². The maximum absolute atomic E-state index is 13.6. The van der Waals surface area contributed by atoms with E-state index in [-0.39, 0.29) is 11.5 Å². The number of amides is 1. The maximum atomic E-state index is 13.6. The summed E-state index contributed by atoms with van der Waals surface area (Å²) < 4.78 is 1.61. The second-order valence-corrected chi connectivity index (χ2v) is 10.1. The number of para-hydroxylation sites is 1. The second kappa shape index (κ2) is 9.45. The van der Waals surface area contributed by atoms with Crippen LogP contribution in [0.1, 0.15) is 59.8 Å². The Balaban J connectivity index is 2.24. The van der Waals surface area contributed by atoms with E-state index in [0.717, 1.165) is 6.42 Å². The summed E-state index contributed by atoms with van der Waals surface area (Å²) >= 11 is 6.09. The van der Waals surface area contributed by atoms with Crippen LogP contribution in [0.15, 0.2) is 53.3 Å². The van der Waals surface area contributed by atoms with Crippen molar-refractivity contribution in [3.8, 4) is 5.69 Å². The third kappa shape index (κ3) is 5.04. The SMILES string of the molecule is CC(C)CCN(C(=O)C(C)(C)C)C(C)c1nc2ccccc2c(=O)n1-c1ccc(Cl)cc1. The minimum absolute atomic E-state index is 0.0377. The zero-order valence-corrected chi connectivity index (χ0v) is 20.5. The first-order chi connectivity index (χ1) is 15.0. The Morgan fingerprint density at radius 3 is 2.28 bits per heavy atom. The van der Waals surface area contributed by atoms with E-state index >= 15 is 0 Å². The van der Waals surface area contributed by atoms with Gasteiger partial charge in [0.05, 0.1) is 22.6 Å². The van der Waals surface area contributed by atoms with Crippen molar-refractivity contribution in [3.05, 3.63) is 69.7 Å². The summed E-state index contributed by atoms with van der Waals surface area (Å²) in [5, 5.41) is 1.13. The normalized spacial score (nSPS) is 12.9. The summed E-state index contributed by atoms with van der Waals surface area (Å²) in [6.07, 6.45) is 0.866. The van der Waals surface area contributed by atoms with Gasteiger partial charge in [-0.25, -0.2) is 4.98 Å². The number of fused-ring (bicyclic) bond motifs is 1. The molecule has 6 heteroatoms. The van der Waals surface area contributed by atoms with Gasteiger partial charge in [-0.2, -0.15) is 0 Å². The van der Waals surface area contributed by atoms with Crippen LogP contribution in [0.25, 0.3) is 16.6 Å². The van der Waals surface area contributed by atoms with Gasteiger partial charge >= 0.3 is 0 Å². The molecule has 0 bridgehead atoms. The summed E-state index contributed by atoms with van der Waals surface area (Å²) in [5.41, 5.74) is 0.586. The summed E-state index contributed by atoms with van der Waals surface area (Å²) in [7, 11) is 0. The molecule has 3 aromatic rings. The average molecular weight is 454 g/mol. The smallest absolute Gasteiger partial charge is 0.266 e. The Hall–Kier alpha value is -2.66. The molecule has 0 spiro atoms. The summed E-state index contributed by atoms with van der Waals surface area (Å²) in [5.74, 6) is 1.02. The van der Waals surface area contributed by atoms with E-state index in [1.54, 1.807) is 34.9 Å². The molecule has 1 heterocycles. The van der Waals surface area contributed by atoms with Gasteiger partial charge in [-0.05, 0) is 55.7 Å². The Morgan fingerprint density at radius 1 is 1.06 bits per heavy atom. The molecule has 0 fully saturated rings.